The highest BCUT2D eigenvalue weighted by Gasteiger charge is 2.33. The van der Waals surface area contributed by atoms with Gasteiger partial charge in [-0.05, 0) is 48.4 Å². The maximum absolute atomic E-state index is 13.8. The number of Topliss-reactive ketones (excluding diaryl/α,β-unsaturated/α-hetero) is 1. The minimum Gasteiger partial charge on any atom is -0.493 e. The number of aromatic nitrogens is 1. The molecule has 37 heavy (non-hydrogen) atoms. The number of rotatable bonds is 7. The maximum atomic E-state index is 13.8. The van der Waals surface area contributed by atoms with E-state index in [4.69, 9.17) is 23.7 Å². The molecule has 0 saturated heterocycles. The van der Waals surface area contributed by atoms with Crippen molar-refractivity contribution < 1.29 is 28.5 Å². The lowest BCUT2D eigenvalue weighted by atomic mass is 9.91. The highest BCUT2D eigenvalue weighted by molar-refractivity contribution is 7.07. The number of carbonyl (C=O) groups is 1. The van der Waals surface area contributed by atoms with Gasteiger partial charge in [-0.1, -0.05) is 24.3 Å². The number of fused-ring (bicyclic) bond motifs is 2. The average molecular weight is 523 g/mol. The molecular formula is C27H26N2O7S. The molecule has 3 aromatic rings. The van der Waals surface area contributed by atoms with Crippen molar-refractivity contribution in [2.45, 2.75) is 26.3 Å². The van der Waals surface area contributed by atoms with Crippen molar-refractivity contribution in [1.29, 1.82) is 0 Å². The number of nitrogens with zero attached hydrogens (tertiary/aromatic N) is 2. The van der Waals surface area contributed by atoms with Crippen molar-refractivity contribution in [3.8, 4) is 28.7 Å². The molecule has 1 unspecified atom stereocenters. The molecule has 0 aliphatic carbocycles. The van der Waals surface area contributed by atoms with E-state index in [1.165, 1.54) is 32.7 Å². The summed E-state index contributed by atoms with van der Waals surface area (Å²) in [6.07, 6.45) is 2.06. The van der Waals surface area contributed by atoms with Crippen molar-refractivity contribution in [2.24, 2.45) is 4.99 Å². The number of methoxy groups -OCH3 is 3. The molecule has 1 atom stereocenters. The third-order valence-corrected chi connectivity index (χ3v) is 7.32. The zero-order chi connectivity index (χ0) is 26.3. The first-order valence-corrected chi connectivity index (χ1v) is 12.5. The molecule has 5 rings (SSSR count). The van der Waals surface area contributed by atoms with Gasteiger partial charge in [-0.3, -0.25) is 14.2 Å². The summed E-state index contributed by atoms with van der Waals surface area (Å²) in [7, 11) is 4.57. The summed E-state index contributed by atoms with van der Waals surface area (Å²) < 4.78 is 29.5. The van der Waals surface area contributed by atoms with Crippen LogP contribution >= 0.6 is 11.3 Å². The number of hydrogen-bond donors (Lipinski definition) is 0. The number of ketones is 1. The van der Waals surface area contributed by atoms with Gasteiger partial charge < -0.3 is 23.7 Å². The summed E-state index contributed by atoms with van der Waals surface area (Å²) in [5.41, 5.74) is 2.21. The first-order chi connectivity index (χ1) is 17.9. The zero-order valence-electron chi connectivity index (χ0n) is 21.1. The predicted molar refractivity (Wildman–Crippen MR) is 138 cm³/mol. The van der Waals surface area contributed by atoms with Crippen LogP contribution in [0.3, 0.4) is 0 Å². The molecule has 3 heterocycles. The second kappa shape index (κ2) is 9.78. The Hall–Kier alpha value is -4.05. The first kappa shape index (κ1) is 24.6. The molecule has 2 aliphatic heterocycles. The van der Waals surface area contributed by atoms with Crippen LogP contribution in [0.5, 0.6) is 28.7 Å². The Labute approximate surface area is 216 Å². The van der Waals surface area contributed by atoms with Gasteiger partial charge in [-0.2, -0.15) is 0 Å². The van der Waals surface area contributed by atoms with Crippen molar-refractivity contribution in [3.05, 3.63) is 72.4 Å². The lowest BCUT2D eigenvalue weighted by molar-refractivity contribution is -0.115. The van der Waals surface area contributed by atoms with Gasteiger partial charge in [0.05, 0.1) is 31.9 Å². The minimum atomic E-state index is -0.712. The molecule has 0 spiro atoms. The van der Waals surface area contributed by atoms with Gasteiger partial charge in [0.15, 0.2) is 33.6 Å². The minimum absolute atomic E-state index is 0.0925. The molecular weight excluding hydrogens is 496 g/mol. The predicted octanol–water partition coefficient (Wildman–Crippen LogP) is 2.97. The molecule has 1 aromatic heterocycles. The van der Waals surface area contributed by atoms with E-state index in [2.05, 4.69) is 4.99 Å². The third kappa shape index (κ3) is 4.17. The molecule has 0 bridgehead atoms. The van der Waals surface area contributed by atoms with Gasteiger partial charge in [-0.15, -0.1) is 0 Å². The fourth-order valence-corrected chi connectivity index (χ4v) is 5.64. The van der Waals surface area contributed by atoms with Crippen LogP contribution in [0.2, 0.25) is 0 Å². The number of allylic oxidation sites excluding steroid dienone is 2. The third-order valence-electron chi connectivity index (χ3n) is 6.34. The zero-order valence-corrected chi connectivity index (χ0v) is 21.9. The summed E-state index contributed by atoms with van der Waals surface area (Å²) in [6, 6.07) is 8.32. The van der Waals surface area contributed by atoms with E-state index in [-0.39, 0.29) is 24.6 Å². The molecule has 192 valence electrons. The van der Waals surface area contributed by atoms with Crippen LogP contribution in [0, 0.1) is 0 Å². The molecule has 9 nitrogen and oxygen atoms in total. The second-order valence-electron chi connectivity index (χ2n) is 8.43. The van der Waals surface area contributed by atoms with Crippen molar-refractivity contribution in [3.63, 3.8) is 0 Å². The van der Waals surface area contributed by atoms with Crippen molar-refractivity contribution in [1.82, 2.24) is 4.57 Å². The van der Waals surface area contributed by atoms with Crippen LogP contribution in [-0.4, -0.2) is 38.5 Å². The van der Waals surface area contributed by atoms with E-state index in [9.17, 15) is 9.59 Å². The molecule has 0 N–H and O–H groups in total. The monoisotopic (exact) mass is 522 g/mol. The molecule has 0 radical (unpaired) electrons. The fraction of sp³-hybridized carbons (Fsp3) is 0.296. The summed E-state index contributed by atoms with van der Waals surface area (Å²) >= 11 is 1.26. The molecule has 0 fully saturated rings. The molecule has 0 saturated carbocycles. The van der Waals surface area contributed by atoms with Crippen molar-refractivity contribution in [2.75, 3.05) is 28.1 Å². The van der Waals surface area contributed by atoms with Gasteiger partial charge in [0, 0.05) is 17.7 Å². The van der Waals surface area contributed by atoms with E-state index < -0.39 is 6.04 Å². The molecule has 0 amide bonds. The number of hydrogen-bond acceptors (Lipinski definition) is 9. The summed E-state index contributed by atoms with van der Waals surface area (Å²) in [5, 5.41) is 0. The van der Waals surface area contributed by atoms with Crippen LogP contribution in [0.25, 0.3) is 6.08 Å². The van der Waals surface area contributed by atoms with Crippen LogP contribution in [0.15, 0.2) is 51.4 Å². The van der Waals surface area contributed by atoms with E-state index in [1.54, 1.807) is 36.6 Å². The highest BCUT2D eigenvalue weighted by Crippen LogP contribution is 2.42. The number of carbonyl (C=O) groups excluding carboxylic acids is 1. The Morgan fingerprint density at radius 2 is 1.81 bits per heavy atom. The first-order valence-electron chi connectivity index (χ1n) is 11.6. The largest absolute Gasteiger partial charge is 0.493 e. The smallest absolute Gasteiger partial charge is 0.271 e. The van der Waals surface area contributed by atoms with Gasteiger partial charge in [-0.25, -0.2) is 4.99 Å². The Kier molecular flexibility index (Phi) is 6.51. The Morgan fingerprint density at radius 1 is 1.11 bits per heavy atom. The van der Waals surface area contributed by atoms with Gasteiger partial charge in [0.25, 0.3) is 5.56 Å². The summed E-state index contributed by atoms with van der Waals surface area (Å²) in [4.78, 5) is 32.2. The lowest BCUT2D eigenvalue weighted by Gasteiger charge is -2.26. The number of benzene rings is 2. The standard InChI is InChI=1S/C27H26N2O7S/c1-6-17(30)23-14(2)28-27-29(24(23)16-11-20(32-3)25(34-5)21(12-16)33-4)26(31)22(37-27)10-15-7-8-18-19(9-15)36-13-35-18/h7-12,24H,6,13H2,1-5H3/b22-10-. The Morgan fingerprint density at radius 3 is 2.46 bits per heavy atom. The molecule has 10 heteroatoms. The van der Waals surface area contributed by atoms with Crippen LogP contribution in [0.1, 0.15) is 37.4 Å². The van der Waals surface area contributed by atoms with E-state index in [0.717, 1.165) is 5.56 Å². The Bertz CT molecular complexity index is 1590. The second-order valence-corrected chi connectivity index (χ2v) is 9.44. The van der Waals surface area contributed by atoms with Gasteiger partial charge in [0.2, 0.25) is 12.5 Å². The highest BCUT2D eigenvalue weighted by atomic mass is 32.1. The topological polar surface area (TPSA) is 97.6 Å². The maximum Gasteiger partial charge on any atom is 0.271 e. The average Bonchev–Trinajstić information content (AvgIpc) is 3.50. The van der Waals surface area contributed by atoms with E-state index >= 15 is 0 Å². The van der Waals surface area contributed by atoms with E-state index in [0.29, 0.717) is 54.9 Å². The summed E-state index contributed by atoms with van der Waals surface area (Å²) in [6.45, 7) is 3.76. The quantitative estimate of drug-likeness (QED) is 0.471. The molecule has 2 aromatic carbocycles. The van der Waals surface area contributed by atoms with E-state index in [1.807, 2.05) is 18.2 Å². The normalized spacial score (nSPS) is 16.4. The van der Waals surface area contributed by atoms with Crippen LogP contribution < -0.4 is 38.6 Å². The summed E-state index contributed by atoms with van der Waals surface area (Å²) in [5.74, 6) is 2.48. The molecule has 2 aliphatic rings. The van der Waals surface area contributed by atoms with Crippen LogP contribution in [0.4, 0.5) is 0 Å². The Balaban J connectivity index is 1.74. The number of thiazole rings is 1. The fourth-order valence-electron chi connectivity index (χ4n) is 4.60. The van der Waals surface area contributed by atoms with Crippen LogP contribution in [-0.2, 0) is 4.79 Å². The lowest BCUT2D eigenvalue weighted by Crippen LogP contribution is -2.39. The van der Waals surface area contributed by atoms with Gasteiger partial charge in [0.1, 0.15) is 0 Å². The van der Waals surface area contributed by atoms with Gasteiger partial charge >= 0.3 is 0 Å². The SMILES string of the molecule is CCC(=O)C1=C(C)N=c2s/c(=C\c3ccc4c(c3)OCO4)c(=O)n2C1c1cc(OC)c(OC)c(OC)c1. The number of ether oxygens (including phenoxy) is 5. The van der Waals surface area contributed by atoms with Crippen molar-refractivity contribution >= 4 is 23.2 Å².